The summed E-state index contributed by atoms with van der Waals surface area (Å²) < 4.78 is 1.72. The third kappa shape index (κ3) is 2.12. The number of imide groups is 1. The summed E-state index contributed by atoms with van der Waals surface area (Å²) in [7, 11) is 1.76. The number of aromatic nitrogens is 1. The van der Waals surface area contributed by atoms with Gasteiger partial charge in [-0.1, -0.05) is 0 Å². The number of hydrogen-bond acceptors (Lipinski definition) is 3. The highest BCUT2D eigenvalue weighted by atomic mass is 16.4. The monoisotopic (exact) mass is 287 g/mol. The lowest BCUT2D eigenvalue weighted by Crippen LogP contribution is -2.49. The fraction of sp³-hybridized carbons (Fsp3) is 0.214. The van der Waals surface area contributed by atoms with E-state index in [1.807, 2.05) is 0 Å². The first-order valence-electron chi connectivity index (χ1n) is 6.41. The minimum Gasteiger partial charge on any atom is -0.478 e. The van der Waals surface area contributed by atoms with E-state index in [-0.39, 0.29) is 24.4 Å². The fourth-order valence-electron chi connectivity index (χ4n) is 2.56. The molecular weight excluding hydrogens is 274 g/mol. The molecule has 1 aromatic carbocycles. The van der Waals surface area contributed by atoms with Crippen LogP contribution < -0.4 is 10.2 Å². The number of carbonyl (C=O) groups excluding carboxylic acids is 2. The molecule has 1 aliphatic heterocycles. The summed E-state index contributed by atoms with van der Waals surface area (Å²) in [6, 6.07) is 4.47. The van der Waals surface area contributed by atoms with Gasteiger partial charge in [-0.25, -0.2) is 9.59 Å². The number of carbonyl (C=O) groups is 3. The minimum absolute atomic E-state index is 0.125. The Morgan fingerprint density at radius 1 is 1.33 bits per heavy atom. The summed E-state index contributed by atoms with van der Waals surface area (Å²) in [4.78, 5) is 35.9. The Bertz CT molecular complexity index is 778. The first-order valence-corrected chi connectivity index (χ1v) is 6.41. The molecule has 0 radical (unpaired) electrons. The molecule has 2 aromatic rings. The van der Waals surface area contributed by atoms with Gasteiger partial charge in [-0.15, -0.1) is 0 Å². The molecule has 7 heteroatoms. The van der Waals surface area contributed by atoms with Crippen molar-refractivity contribution >= 4 is 34.5 Å². The number of aryl methyl sites for hydroxylation is 1. The van der Waals surface area contributed by atoms with E-state index in [1.165, 1.54) is 11.0 Å². The Morgan fingerprint density at radius 3 is 2.76 bits per heavy atom. The number of nitrogens with zero attached hydrogens (tertiary/aromatic N) is 2. The third-order valence-corrected chi connectivity index (χ3v) is 3.55. The largest absolute Gasteiger partial charge is 0.478 e. The van der Waals surface area contributed by atoms with Crippen LogP contribution in [-0.4, -0.2) is 34.1 Å². The zero-order valence-corrected chi connectivity index (χ0v) is 11.3. The number of rotatable bonds is 2. The highest BCUT2D eigenvalue weighted by Gasteiger charge is 2.26. The third-order valence-electron chi connectivity index (χ3n) is 3.55. The van der Waals surface area contributed by atoms with Gasteiger partial charge in [-0.05, 0) is 18.2 Å². The van der Waals surface area contributed by atoms with E-state index in [0.717, 1.165) is 5.39 Å². The molecule has 3 rings (SSSR count). The molecule has 3 amide bonds. The van der Waals surface area contributed by atoms with Crippen molar-refractivity contribution in [2.75, 3.05) is 11.4 Å². The summed E-state index contributed by atoms with van der Waals surface area (Å²) >= 11 is 0. The van der Waals surface area contributed by atoms with Gasteiger partial charge in [0.25, 0.3) is 0 Å². The van der Waals surface area contributed by atoms with Crippen molar-refractivity contribution in [1.29, 1.82) is 0 Å². The maximum atomic E-state index is 11.9. The lowest BCUT2D eigenvalue weighted by molar-refractivity contribution is -0.120. The van der Waals surface area contributed by atoms with E-state index in [9.17, 15) is 19.5 Å². The summed E-state index contributed by atoms with van der Waals surface area (Å²) in [6.07, 6.45) is 1.96. The molecule has 2 N–H and O–H groups in total. The van der Waals surface area contributed by atoms with Crippen molar-refractivity contribution < 1.29 is 19.5 Å². The smallest absolute Gasteiger partial charge is 0.337 e. The molecule has 7 nitrogen and oxygen atoms in total. The van der Waals surface area contributed by atoms with Gasteiger partial charge in [0.2, 0.25) is 5.91 Å². The first kappa shape index (κ1) is 13.2. The number of fused-ring (bicyclic) bond motifs is 1. The molecule has 1 aromatic heterocycles. The van der Waals surface area contributed by atoms with Gasteiger partial charge >= 0.3 is 12.0 Å². The molecule has 0 aliphatic carbocycles. The minimum atomic E-state index is -1.06. The van der Waals surface area contributed by atoms with E-state index >= 15 is 0 Å². The van der Waals surface area contributed by atoms with Gasteiger partial charge in [0.1, 0.15) is 0 Å². The number of anilines is 1. The topological polar surface area (TPSA) is 91.6 Å². The summed E-state index contributed by atoms with van der Waals surface area (Å²) in [6.45, 7) is 0.238. The van der Waals surface area contributed by atoms with Crippen molar-refractivity contribution in [3.05, 3.63) is 30.0 Å². The Hall–Kier alpha value is -2.83. The molecule has 1 saturated heterocycles. The molecule has 1 fully saturated rings. The average molecular weight is 287 g/mol. The van der Waals surface area contributed by atoms with Crippen LogP contribution >= 0.6 is 0 Å². The lowest BCUT2D eigenvalue weighted by Gasteiger charge is -2.27. The quantitative estimate of drug-likeness (QED) is 0.871. The number of hydrogen-bond donors (Lipinski definition) is 2. The van der Waals surface area contributed by atoms with Gasteiger partial charge < -0.3 is 9.67 Å². The van der Waals surface area contributed by atoms with Gasteiger partial charge in [-0.3, -0.25) is 15.0 Å². The van der Waals surface area contributed by atoms with Crippen LogP contribution in [0, 0.1) is 0 Å². The Balaban J connectivity index is 2.14. The van der Waals surface area contributed by atoms with Crippen LogP contribution in [-0.2, 0) is 11.8 Å². The van der Waals surface area contributed by atoms with E-state index in [2.05, 4.69) is 5.32 Å². The van der Waals surface area contributed by atoms with Crippen molar-refractivity contribution in [1.82, 2.24) is 9.88 Å². The molecule has 0 atom stereocenters. The highest BCUT2D eigenvalue weighted by Crippen LogP contribution is 2.28. The number of nitrogens with one attached hydrogen (secondary N) is 1. The Labute approximate surface area is 119 Å². The second kappa shape index (κ2) is 4.62. The van der Waals surface area contributed by atoms with E-state index in [0.29, 0.717) is 11.2 Å². The number of aromatic carboxylic acids is 1. The van der Waals surface area contributed by atoms with Crippen molar-refractivity contribution in [3.8, 4) is 0 Å². The predicted octanol–water partition coefficient (Wildman–Crippen LogP) is 1.32. The van der Waals surface area contributed by atoms with Crippen LogP contribution in [0.1, 0.15) is 16.8 Å². The molecule has 0 unspecified atom stereocenters. The van der Waals surface area contributed by atoms with Crippen LogP contribution in [0.3, 0.4) is 0 Å². The van der Waals surface area contributed by atoms with Gasteiger partial charge in [0, 0.05) is 37.3 Å². The summed E-state index contributed by atoms with van der Waals surface area (Å²) in [5.41, 5.74) is 1.19. The van der Waals surface area contributed by atoms with Crippen molar-refractivity contribution in [3.63, 3.8) is 0 Å². The van der Waals surface area contributed by atoms with E-state index in [4.69, 9.17) is 0 Å². The Kier molecular flexibility index (Phi) is 2.90. The zero-order valence-electron chi connectivity index (χ0n) is 11.3. The molecule has 108 valence electrons. The maximum absolute atomic E-state index is 11.9. The summed E-state index contributed by atoms with van der Waals surface area (Å²) in [5, 5.41) is 12.3. The maximum Gasteiger partial charge on any atom is 0.337 e. The number of amides is 3. The van der Waals surface area contributed by atoms with Crippen LogP contribution in [0.5, 0.6) is 0 Å². The van der Waals surface area contributed by atoms with Gasteiger partial charge in [0.05, 0.1) is 11.1 Å². The normalized spacial score (nSPS) is 15.4. The molecule has 0 bridgehead atoms. The first-order chi connectivity index (χ1) is 9.97. The van der Waals surface area contributed by atoms with E-state index < -0.39 is 12.0 Å². The second-order valence-corrected chi connectivity index (χ2v) is 4.92. The number of carboxylic acids is 1. The van der Waals surface area contributed by atoms with Crippen LogP contribution in [0.25, 0.3) is 10.9 Å². The standard InChI is InChI=1S/C14H13N3O4/c1-16-4-2-8-6-9(7-10(12(8)16)13(19)20)17-5-3-11(18)15-14(17)21/h2,4,6-7H,3,5H2,1H3,(H,19,20)(H,15,18,21). The zero-order chi connectivity index (χ0) is 15.1. The van der Waals surface area contributed by atoms with Gasteiger partial charge in [-0.2, -0.15) is 0 Å². The molecule has 1 aliphatic rings. The van der Waals surface area contributed by atoms with Crippen LogP contribution in [0.4, 0.5) is 10.5 Å². The number of urea groups is 1. The second-order valence-electron chi connectivity index (χ2n) is 4.92. The van der Waals surface area contributed by atoms with Crippen molar-refractivity contribution in [2.24, 2.45) is 7.05 Å². The number of benzene rings is 1. The number of carboxylic acid groups (broad SMARTS) is 1. The van der Waals surface area contributed by atoms with Crippen molar-refractivity contribution in [2.45, 2.75) is 6.42 Å². The predicted molar refractivity (Wildman–Crippen MR) is 75.4 cm³/mol. The molecule has 21 heavy (non-hydrogen) atoms. The van der Waals surface area contributed by atoms with Crippen LogP contribution in [0.15, 0.2) is 24.4 Å². The molecular formula is C14H13N3O4. The lowest BCUT2D eigenvalue weighted by atomic mass is 10.1. The molecule has 2 heterocycles. The SMILES string of the molecule is Cn1ccc2cc(N3CCC(=O)NC3=O)cc(C(=O)O)c21. The average Bonchev–Trinajstić information content (AvgIpc) is 2.79. The van der Waals surface area contributed by atoms with Gasteiger partial charge in [0.15, 0.2) is 0 Å². The van der Waals surface area contributed by atoms with E-state index in [1.54, 1.807) is 29.9 Å². The highest BCUT2D eigenvalue weighted by molar-refractivity contribution is 6.09. The summed E-state index contributed by atoms with van der Waals surface area (Å²) in [5.74, 6) is -1.38. The fourth-order valence-corrected chi connectivity index (χ4v) is 2.56. The van der Waals surface area contributed by atoms with Crippen LogP contribution in [0.2, 0.25) is 0 Å². The molecule has 0 spiro atoms. The Morgan fingerprint density at radius 2 is 2.10 bits per heavy atom. The molecule has 0 saturated carbocycles.